The Labute approximate surface area is 149 Å². The van der Waals surface area contributed by atoms with Crippen LogP contribution in [0.5, 0.6) is 0 Å². The molecule has 1 atom stereocenters. The summed E-state index contributed by atoms with van der Waals surface area (Å²) in [6, 6.07) is 0. The number of piperidine rings is 1. The largest absolute Gasteiger partial charge is 0.379 e. The minimum atomic E-state index is 0.287. The molecule has 2 aliphatic heterocycles. The molecule has 1 saturated carbocycles. The highest BCUT2D eigenvalue weighted by atomic mass is 16.5. The lowest BCUT2D eigenvalue weighted by Crippen LogP contribution is -2.44. The van der Waals surface area contributed by atoms with Crippen molar-refractivity contribution in [3.63, 3.8) is 0 Å². The molecule has 3 fully saturated rings. The van der Waals surface area contributed by atoms with Gasteiger partial charge in [0.15, 0.2) is 0 Å². The van der Waals surface area contributed by atoms with Gasteiger partial charge in [0.1, 0.15) is 11.6 Å². The Balaban J connectivity index is 1.41. The molecule has 1 aromatic rings. The number of amides is 1. The van der Waals surface area contributed by atoms with Gasteiger partial charge in [-0.25, -0.2) is 0 Å². The lowest BCUT2D eigenvalue weighted by Gasteiger charge is -2.36. The zero-order valence-corrected chi connectivity index (χ0v) is 15.2. The number of nitrogens with zero attached hydrogens (tertiary/aromatic N) is 5. The van der Waals surface area contributed by atoms with E-state index in [1.807, 2.05) is 0 Å². The second-order valence-corrected chi connectivity index (χ2v) is 7.67. The van der Waals surface area contributed by atoms with Crippen molar-refractivity contribution in [2.24, 2.45) is 13.0 Å². The number of hydrogen-bond acceptors (Lipinski definition) is 5. The van der Waals surface area contributed by atoms with E-state index in [1.54, 1.807) is 0 Å². The van der Waals surface area contributed by atoms with Crippen LogP contribution in [-0.2, 0) is 23.1 Å². The zero-order chi connectivity index (χ0) is 17.2. The van der Waals surface area contributed by atoms with Crippen molar-refractivity contribution in [1.82, 2.24) is 24.6 Å². The lowest BCUT2D eigenvalue weighted by atomic mass is 9.83. The second kappa shape index (κ2) is 7.41. The first kappa shape index (κ1) is 17.0. The number of ether oxygens (including phenoxy) is 1. The van der Waals surface area contributed by atoms with E-state index in [4.69, 9.17) is 4.74 Å². The maximum absolute atomic E-state index is 12.6. The van der Waals surface area contributed by atoms with Gasteiger partial charge in [-0.05, 0) is 25.7 Å². The van der Waals surface area contributed by atoms with Crippen LogP contribution in [0.4, 0.5) is 0 Å². The van der Waals surface area contributed by atoms with E-state index in [0.29, 0.717) is 11.8 Å². The predicted octanol–water partition coefficient (Wildman–Crippen LogP) is 1.15. The normalized spacial score (nSPS) is 25.8. The van der Waals surface area contributed by atoms with Gasteiger partial charge in [0.2, 0.25) is 5.91 Å². The van der Waals surface area contributed by atoms with Crippen LogP contribution in [0, 0.1) is 5.92 Å². The molecular weight excluding hydrogens is 318 g/mol. The summed E-state index contributed by atoms with van der Waals surface area (Å²) in [7, 11) is 2.07. The molecule has 1 aliphatic carbocycles. The summed E-state index contributed by atoms with van der Waals surface area (Å²) in [6.45, 7) is 6.04. The van der Waals surface area contributed by atoms with Crippen LogP contribution in [0.3, 0.4) is 0 Å². The van der Waals surface area contributed by atoms with E-state index in [1.165, 1.54) is 6.42 Å². The maximum atomic E-state index is 12.6. The smallest absolute Gasteiger partial charge is 0.225 e. The molecule has 3 aliphatic rings. The molecule has 7 nitrogen and oxygen atoms in total. The van der Waals surface area contributed by atoms with Gasteiger partial charge in [-0.15, -0.1) is 10.2 Å². The fourth-order valence-electron chi connectivity index (χ4n) is 4.13. The van der Waals surface area contributed by atoms with Crippen molar-refractivity contribution >= 4 is 5.91 Å². The number of rotatable bonds is 4. The van der Waals surface area contributed by atoms with E-state index >= 15 is 0 Å². The minimum absolute atomic E-state index is 0.287. The first-order valence-corrected chi connectivity index (χ1v) is 9.69. The molecule has 7 heteroatoms. The van der Waals surface area contributed by atoms with E-state index in [-0.39, 0.29) is 5.92 Å². The Bertz CT molecular complexity index is 607. The standard InChI is InChI=1S/C18H29N5O2/c1-21-16(13-22-8-10-25-11-9-22)19-20-17(21)15-6-3-7-23(12-15)18(24)14-4-2-5-14/h14-15H,2-13H2,1H3/t15-/m0/s1. The Morgan fingerprint density at radius 2 is 1.92 bits per heavy atom. The fourth-order valence-corrected chi connectivity index (χ4v) is 4.13. The highest BCUT2D eigenvalue weighted by molar-refractivity contribution is 5.79. The monoisotopic (exact) mass is 347 g/mol. The maximum Gasteiger partial charge on any atom is 0.225 e. The van der Waals surface area contributed by atoms with Crippen LogP contribution in [0.2, 0.25) is 0 Å². The van der Waals surface area contributed by atoms with Crippen LogP contribution in [-0.4, -0.2) is 69.9 Å². The molecule has 3 heterocycles. The van der Waals surface area contributed by atoms with Gasteiger partial charge >= 0.3 is 0 Å². The Hall–Kier alpha value is -1.47. The molecule has 0 unspecified atom stereocenters. The van der Waals surface area contributed by atoms with Crippen LogP contribution < -0.4 is 0 Å². The highest BCUT2D eigenvalue weighted by Gasteiger charge is 2.34. The number of hydrogen-bond donors (Lipinski definition) is 0. The molecule has 0 spiro atoms. The third kappa shape index (κ3) is 3.58. The van der Waals surface area contributed by atoms with Crippen LogP contribution in [0.15, 0.2) is 0 Å². The van der Waals surface area contributed by atoms with Gasteiger partial charge in [0.25, 0.3) is 0 Å². The Morgan fingerprint density at radius 1 is 1.12 bits per heavy atom. The van der Waals surface area contributed by atoms with Gasteiger partial charge in [0.05, 0.1) is 19.8 Å². The summed E-state index contributed by atoms with van der Waals surface area (Å²) in [5.74, 6) is 3.02. The van der Waals surface area contributed by atoms with Gasteiger partial charge in [-0.1, -0.05) is 6.42 Å². The first-order valence-electron chi connectivity index (χ1n) is 9.69. The van der Waals surface area contributed by atoms with Gasteiger partial charge in [0, 0.05) is 45.1 Å². The number of carbonyl (C=O) groups is 1. The summed E-state index contributed by atoms with van der Waals surface area (Å²) in [6.07, 6.45) is 5.52. The summed E-state index contributed by atoms with van der Waals surface area (Å²) >= 11 is 0. The van der Waals surface area contributed by atoms with E-state index < -0.39 is 0 Å². The third-order valence-corrected chi connectivity index (χ3v) is 6.02. The van der Waals surface area contributed by atoms with Crippen LogP contribution in [0.1, 0.15) is 49.7 Å². The third-order valence-electron chi connectivity index (χ3n) is 6.02. The summed E-state index contributed by atoms with van der Waals surface area (Å²) in [5.41, 5.74) is 0. The van der Waals surface area contributed by atoms with Crippen LogP contribution >= 0.6 is 0 Å². The summed E-state index contributed by atoms with van der Waals surface area (Å²) < 4.78 is 7.56. The quantitative estimate of drug-likeness (QED) is 0.818. The van der Waals surface area contributed by atoms with Crippen molar-refractivity contribution < 1.29 is 9.53 Å². The van der Waals surface area contributed by atoms with Crippen LogP contribution in [0.25, 0.3) is 0 Å². The van der Waals surface area contributed by atoms with Crippen molar-refractivity contribution in [3.05, 3.63) is 11.6 Å². The molecule has 4 rings (SSSR count). The minimum Gasteiger partial charge on any atom is -0.379 e. The summed E-state index contributed by atoms with van der Waals surface area (Å²) in [4.78, 5) is 17.0. The number of likely N-dealkylation sites (tertiary alicyclic amines) is 1. The topological polar surface area (TPSA) is 63.5 Å². The summed E-state index contributed by atoms with van der Waals surface area (Å²) in [5, 5.41) is 8.94. The van der Waals surface area contributed by atoms with Crippen molar-refractivity contribution in [2.75, 3.05) is 39.4 Å². The number of aromatic nitrogens is 3. The van der Waals surface area contributed by atoms with E-state index in [0.717, 1.165) is 83.3 Å². The Kier molecular flexibility index (Phi) is 5.03. The van der Waals surface area contributed by atoms with Crippen molar-refractivity contribution in [3.8, 4) is 0 Å². The van der Waals surface area contributed by atoms with Gasteiger partial charge in [-0.2, -0.15) is 0 Å². The van der Waals surface area contributed by atoms with Gasteiger partial charge in [-0.3, -0.25) is 9.69 Å². The molecule has 0 bridgehead atoms. The molecule has 0 N–H and O–H groups in total. The molecule has 0 radical (unpaired) electrons. The predicted molar refractivity (Wildman–Crippen MR) is 93.0 cm³/mol. The SMILES string of the molecule is Cn1c(CN2CCOCC2)nnc1[C@H]1CCCN(C(=O)C2CCC2)C1. The average Bonchev–Trinajstić information content (AvgIpc) is 2.95. The molecule has 0 aromatic carbocycles. The van der Waals surface area contributed by atoms with Gasteiger partial charge < -0.3 is 14.2 Å². The molecule has 1 amide bonds. The molecule has 138 valence electrons. The molecular formula is C18H29N5O2. The van der Waals surface area contributed by atoms with Crippen molar-refractivity contribution in [1.29, 1.82) is 0 Å². The van der Waals surface area contributed by atoms with E-state index in [2.05, 4.69) is 31.6 Å². The van der Waals surface area contributed by atoms with Crippen molar-refractivity contribution in [2.45, 2.75) is 44.6 Å². The fraction of sp³-hybridized carbons (Fsp3) is 0.833. The Morgan fingerprint density at radius 3 is 2.64 bits per heavy atom. The lowest BCUT2D eigenvalue weighted by molar-refractivity contribution is -0.139. The van der Waals surface area contributed by atoms with E-state index in [9.17, 15) is 4.79 Å². The second-order valence-electron chi connectivity index (χ2n) is 7.67. The molecule has 25 heavy (non-hydrogen) atoms. The molecule has 2 saturated heterocycles. The number of carbonyl (C=O) groups excluding carboxylic acids is 1. The number of morpholine rings is 1. The first-order chi connectivity index (χ1) is 12.2. The zero-order valence-electron chi connectivity index (χ0n) is 15.2. The highest BCUT2D eigenvalue weighted by Crippen LogP contribution is 2.32. The average molecular weight is 347 g/mol. The molecule has 1 aromatic heterocycles.